The summed E-state index contributed by atoms with van der Waals surface area (Å²) in [4.78, 5) is 11.7. The van der Waals surface area contributed by atoms with Crippen molar-refractivity contribution in [3.05, 3.63) is 10.5 Å². The molecule has 2 unspecified atom stereocenters. The highest BCUT2D eigenvalue weighted by Gasteiger charge is 2.34. The van der Waals surface area contributed by atoms with E-state index in [0.717, 1.165) is 12.8 Å². The lowest BCUT2D eigenvalue weighted by atomic mass is 9.98. The molecule has 6 nitrogen and oxygen atoms in total. The highest BCUT2D eigenvalue weighted by Crippen LogP contribution is 2.30. The summed E-state index contributed by atoms with van der Waals surface area (Å²) in [7, 11) is 0. The third-order valence-corrected chi connectivity index (χ3v) is 4.61. The predicted molar refractivity (Wildman–Crippen MR) is 83.3 cm³/mol. The van der Waals surface area contributed by atoms with Crippen molar-refractivity contribution in [1.82, 2.24) is 20.1 Å². The predicted octanol–water partition coefficient (Wildman–Crippen LogP) is 2.06. The van der Waals surface area contributed by atoms with Crippen molar-refractivity contribution in [1.29, 1.82) is 5.26 Å². The van der Waals surface area contributed by atoms with E-state index in [4.69, 9.17) is 0 Å². The number of hydrogen-bond donors (Lipinski definition) is 2. The molecule has 0 aliphatic heterocycles. The SMILES string of the molecule is CC(CC(C)(C#N)NC1CC1)Sc1n[nH]c(=O)n1C(C)C. The largest absolute Gasteiger partial charge is 0.344 e. The second-order valence-corrected chi connectivity index (χ2v) is 7.68. The zero-order chi connectivity index (χ0) is 15.6. The Morgan fingerprint density at radius 3 is 2.76 bits per heavy atom. The maximum atomic E-state index is 11.7. The molecule has 1 fully saturated rings. The maximum Gasteiger partial charge on any atom is 0.344 e. The van der Waals surface area contributed by atoms with E-state index < -0.39 is 5.54 Å². The second-order valence-electron chi connectivity index (χ2n) is 6.27. The molecule has 1 aliphatic carbocycles. The first-order valence-corrected chi connectivity index (χ1v) is 8.25. The number of nitrogens with zero attached hydrogens (tertiary/aromatic N) is 3. The number of hydrogen-bond acceptors (Lipinski definition) is 5. The molecule has 1 saturated carbocycles. The van der Waals surface area contributed by atoms with Crippen LogP contribution >= 0.6 is 11.8 Å². The molecular formula is C14H23N5OS. The van der Waals surface area contributed by atoms with Crippen LogP contribution in [-0.2, 0) is 0 Å². The van der Waals surface area contributed by atoms with Crippen molar-refractivity contribution < 1.29 is 0 Å². The summed E-state index contributed by atoms with van der Waals surface area (Å²) in [6.45, 7) is 7.93. The van der Waals surface area contributed by atoms with Crippen molar-refractivity contribution >= 4 is 11.8 Å². The van der Waals surface area contributed by atoms with Crippen LogP contribution in [0.15, 0.2) is 9.95 Å². The zero-order valence-electron chi connectivity index (χ0n) is 13.0. The Kier molecular flexibility index (Phi) is 4.79. The summed E-state index contributed by atoms with van der Waals surface area (Å²) in [5.41, 5.74) is -0.703. The zero-order valence-corrected chi connectivity index (χ0v) is 13.8. The van der Waals surface area contributed by atoms with E-state index in [2.05, 4.69) is 28.5 Å². The van der Waals surface area contributed by atoms with E-state index in [-0.39, 0.29) is 17.0 Å². The van der Waals surface area contributed by atoms with Crippen LogP contribution in [0.3, 0.4) is 0 Å². The van der Waals surface area contributed by atoms with Crippen LogP contribution in [0, 0.1) is 11.3 Å². The number of aromatic amines is 1. The minimum Gasteiger partial charge on any atom is -0.297 e. The van der Waals surface area contributed by atoms with Gasteiger partial charge >= 0.3 is 5.69 Å². The molecule has 1 heterocycles. The van der Waals surface area contributed by atoms with Gasteiger partial charge in [0.25, 0.3) is 0 Å². The van der Waals surface area contributed by atoms with Crippen molar-refractivity contribution in [2.75, 3.05) is 0 Å². The first kappa shape index (κ1) is 16.1. The van der Waals surface area contributed by atoms with Gasteiger partial charge in [-0.2, -0.15) is 5.26 Å². The molecule has 2 N–H and O–H groups in total. The number of nitriles is 1. The maximum absolute atomic E-state index is 11.7. The van der Waals surface area contributed by atoms with Gasteiger partial charge in [-0.3, -0.25) is 9.88 Å². The average molecular weight is 309 g/mol. The molecule has 0 spiro atoms. The average Bonchev–Trinajstić information content (AvgIpc) is 3.11. The van der Waals surface area contributed by atoms with Crippen molar-refractivity contribution in [3.63, 3.8) is 0 Å². The number of H-pyrrole nitrogens is 1. The van der Waals surface area contributed by atoms with Gasteiger partial charge in [0, 0.05) is 17.3 Å². The Morgan fingerprint density at radius 2 is 2.24 bits per heavy atom. The lowest BCUT2D eigenvalue weighted by Gasteiger charge is -2.26. The lowest BCUT2D eigenvalue weighted by Crippen LogP contribution is -2.44. The minimum absolute atomic E-state index is 0.0675. The highest BCUT2D eigenvalue weighted by atomic mass is 32.2. The summed E-state index contributed by atoms with van der Waals surface area (Å²) in [5, 5.41) is 20.3. The molecular weight excluding hydrogens is 286 g/mol. The topological polar surface area (TPSA) is 86.5 Å². The molecule has 1 aromatic heterocycles. The molecule has 0 amide bonds. The van der Waals surface area contributed by atoms with Gasteiger partial charge in [-0.1, -0.05) is 18.7 Å². The van der Waals surface area contributed by atoms with Gasteiger partial charge in [0.15, 0.2) is 5.16 Å². The number of aromatic nitrogens is 3. The van der Waals surface area contributed by atoms with E-state index in [9.17, 15) is 10.1 Å². The summed E-state index contributed by atoms with van der Waals surface area (Å²) < 4.78 is 1.65. The molecule has 116 valence electrons. The highest BCUT2D eigenvalue weighted by molar-refractivity contribution is 7.99. The first-order valence-electron chi connectivity index (χ1n) is 7.37. The van der Waals surface area contributed by atoms with Crippen LogP contribution in [-0.4, -0.2) is 31.6 Å². The Labute approximate surface area is 129 Å². The second kappa shape index (κ2) is 6.24. The Morgan fingerprint density at radius 1 is 1.57 bits per heavy atom. The standard InChI is InChI=1S/C14H23N5OS/c1-9(2)19-12(20)17-18-13(19)21-10(3)7-14(4,8-15)16-11-5-6-11/h9-11,16H,5-7H2,1-4H3,(H,17,20). The molecule has 1 aliphatic rings. The summed E-state index contributed by atoms with van der Waals surface area (Å²) >= 11 is 1.54. The van der Waals surface area contributed by atoms with Crippen molar-refractivity contribution in [2.24, 2.45) is 0 Å². The summed E-state index contributed by atoms with van der Waals surface area (Å²) in [6, 6.07) is 2.95. The van der Waals surface area contributed by atoms with Crippen LogP contribution in [0.25, 0.3) is 0 Å². The summed E-state index contributed by atoms with van der Waals surface area (Å²) in [5.74, 6) is 0. The quantitative estimate of drug-likeness (QED) is 0.753. The van der Waals surface area contributed by atoms with Gasteiger partial charge in [0.2, 0.25) is 0 Å². The molecule has 0 aromatic carbocycles. The number of nitrogens with one attached hydrogen (secondary N) is 2. The fourth-order valence-corrected chi connectivity index (χ4v) is 3.72. The Balaban J connectivity index is 2.02. The molecule has 7 heteroatoms. The van der Waals surface area contributed by atoms with Crippen LogP contribution < -0.4 is 11.0 Å². The molecule has 2 atom stereocenters. The molecule has 0 bridgehead atoms. The van der Waals surface area contributed by atoms with Gasteiger partial charge < -0.3 is 0 Å². The smallest absolute Gasteiger partial charge is 0.297 e. The molecule has 2 rings (SSSR count). The number of rotatable bonds is 7. The minimum atomic E-state index is -0.521. The fraction of sp³-hybridized carbons (Fsp3) is 0.786. The van der Waals surface area contributed by atoms with E-state index >= 15 is 0 Å². The van der Waals surface area contributed by atoms with Gasteiger partial charge in [0.1, 0.15) is 5.54 Å². The lowest BCUT2D eigenvalue weighted by molar-refractivity contribution is 0.414. The van der Waals surface area contributed by atoms with Crippen molar-refractivity contribution in [3.8, 4) is 6.07 Å². The monoisotopic (exact) mass is 309 g/mol. The number of thioether (sulfide) groups is 1. The molecule has 0 saturated heterocycles. The van der Waals surface area contributed by atoms with E-state index in [1.54, 1.807) is 4.57 Å². The molecule has 21 heavy (non-hydrogen) atoms. The fourth-order valence-electron chi connectivity index (χ4n) is 2.44. The van der Waals surface area contributed by atoms with Gasteiger partial charge in [-0.05, 0) is 40.0 Å². The van der Waals surface area contributed by atoms with Gasteiger partial charge in [-0.25, -0.2) is 9.89 Å². The van der Waals surface area contributed by atoms with Crippen LogP contribution in [0.1, 0.15) is 53.0 Å². The van der Waals surface area contributed by atoms with Crippen molar-refractivity contribution in [2.45, 2.75) is 75.0 Å². The third kappa shape index (κ3) is 4.11. The van der Waals surface area contributed by atoms with E-state index in [1.165, 1.54) is 11.8 Å². The van der Waals surface area contributed by atoms with E-state index in [1.807, 2.05) is 20.8 Å². The van der Waals surface area contributed by atoms with Crippen LogP contribution in [0.4, 0.5) is 0 Å². The normalized spacial score (nSPS) is 19.2. The van der Waals surface area contributed by atoms with E-state index in [0.29, 0.717) is 17.6 Å². The Hall–Kier alpha value is -1.26. The van der Waals surface area contributed by atoms with Crippen LogP contribution in [0.2, 0.25) is 0 Å². The first-order chi connectivity index (χ1) is 9.84. The van der Waals surface area contributed by atoms with Gasteiger partial charge in [-0.15, -0.1) is 5.10 Å². The van der Waals surface area contributed by atoms with Crippen LogP contribution in [0.5, 0.6) is 0 Å². The summed E-state index contributed by atoms with van der Waals surface area (Å²) in [6.07, 6.45) is 3.03. The molecule has 0 radical (unpaired) electrons. The third-order valence-electron chi connectivity index (χ3n) is 3.54. The Bertz CT molecular complexity index is 583. The molecule has 1 aromatic rings. The van der Waals surface area contributed by atoms with Gasteiger partial charge in [0.05, 0.1) is 6.07 Å².